The van der Waals surface area contributed by atoms with Crippen molar-refractivity contribution in [1.82, 2.24) is 15.2 Å². The number of amides is 1. The summed E-state index contributed by atoms with van der Waals surface area (Å²) in [6.07, 6.45) is 0.962. The Labute approximate surface area is 200 Å². The van der Waals surface area contributed by atoms with Crippen LogP contribution < -0.4 is 5.32 Å². The Hall–Kier alpha value is -4.04. The van der Waals surface area contributed by atoms with E-state index in [4.69, 9.17) is 0 Å². The van der Waals surface area contributed by atoms with E-state index in [0.717, 1.165) is 12.0 Å². The zero-order valence-corrected chi connectivity index (χ0v) is 19.1. The fraction of sp³-hybridized carbons (Fsp3) is 0.115. The molecule has 1 aliphatic carbocycles. The summed E-state index contributed by atoms with van der Waals surface area (Å²) in [5.74, 6) is -0.145. The van der Waals surface area contributed by atoms with Crippen molar-refractivity contribution in [2.75, 3.05) is 11.1 Å². The van der Waals surface area contributed by atoms with Crippen LogP contribution in [0, 0.1) is 0 Å². The number of nitrogens with one attached hydrogen (secondary N) is 2. The Morgan fingerprint density at radius 2 is 1.62 bits per heavy atom. The summed E-state index contributed by atoms with van der Waals surface area (Å²) in [5, 5.41) is 10.3. The van der Waals surface area contributed by atoms with Gasteiger partial charge in [0.15, 0.2) is 17.4 Å². The summed E-state index contributed by atoms with van der Waals surface area (Å²) in [6.45, 7) is 2.10. The fourth-order valence-corrected chi connectivity index (χ4v) is 4.50. The van der Waals surface area contributed by atoms with Crippen LogP contribution in [0.3, 0.4) is 0 Å². The number of benzene rings is 3. The Morgan fingerprint density at radius 3 is 2.35 bits per heavy atom. The van der Waals surface area contributed by atoms with Crippen LogP contribution in [0.5, 0.6) is 0 Å². The number of fused-ring (bicyclic) bond motifs is 2. The van der Waals surface area contributed by atoms with Crippen molar-refractivity contribution in [1.29, 1.82) is 0 Å². The molecule has 8 heteroatoms. The molecule has 0 saturated heterocycles. The van der Waals surface area contributed by atoms with Crippen LogP contribution in [0.2, 0.25) is 0 Å². The molecule has 34 heavy (non-hydrogen) atoms. The molecule has 168 valence electrons. The second-order valence-corrected chi connectivity index (χ2v) is 8.73. The van der Waals surface area contributed by atoms with Crippen molar-refractivity contribution >= 4 is 34.9 Å². The van der Waals surface area contributed by atoms with Crippen molar-refractivity contribution in [2.45, 2.75) is 18.5 Å². The number of aromatic amines is 1. The zero-order valence-electron chi connectivity index (χ0n) is 18.3. The number of aromatic nitrogens is 3. The molecule has 5 rings (SSSR count). The Kier molecular flexibility index (Phi) is 5.81. The van der Waals surface area contributed by atoms with Crippen molar-refractivity contribution < 1.29 is 14.4 Å². The van der Waals surface area contributed by atoms with Crippen molar-refractivity contribution in [3.63, 3.8) is 0 Å². The second kappa shape index (κ2) is 9.07. The maximum Gasteiger partial charge on any atom is 0.234 e. The van der Waals surface area contributed by atoms with Gasteiger partial charge in [-0.1, -0.05) is 79.3 Å². The van der Waals surface area contributed by atoms with E-state index in [9.17, 15) is 14.4 Å². The van der Waals surface area contributed by atoms with Crippen LogP contribution in [0.25, 0.3) is 11.4 Å². The predicted molar refractivity (Wildman–Crippen MR) is 130 cm³/mol. The Balaban J connectivity index is 1.29. The lowest BCUT2D eigenvalue weighted by Gasteiger charge is -2.20. The number of rotatable bonds is 6. The highest BCUT2D eigenvalue weighted by Gasteiger charge is 2.31. The molecule has 7 nitrogen and oxygen atoms in total. The van der Waals surface area contributed by atoms with Crippen LogP contribution in [0.15, 0.2) is 71.9 Å². The molecule has 0 atom stereocenters. The van der Waals surface area contributed by atoms with Crippen LogP contribution in [-0.4, -0.2) is 38.4 Å². The molecular weight excluding hydrogens is 448 g/mol. The van der Waals surface area contributed by atoms with Crippen LogP contribution in [-0.2, 0) is 11.2 Å². The second-order valence-electron chi connectivity index (χ2n) is 7.79. The van der Waals surface area contributed by atoms with Gasteiger partial charge in [-0.3, -0.25) is 19.5 Å². The normalized spacial score (nSPS) is 12.3. The zero-order chi connectivity index (χ0) is 23.7. The average Bonchev–Trinajstić information content (AvgIpc) is 3.35. The minimum Gasteiger partial charge on any atom is -0.325 e. The summed E-state index contributed by atoms with van der Waals surface area (Å²) in [5.41, 5.74) is 3.71. The molecule has 0 saturated carbocycles. The van der Waals surface area contributed by atoms with Gasteiger partial charge in [0.2, 0.25) is 11.1 Å². The summed E-state index contributed by atoms with van der Waals surface area (Å²) in [7, 11) is 0. The van der Waals surface area contributed by atoms with Gasteiger partial charge in [0.25, 0.3) is 0 Å². The molecule has 1 amide bonds. The smallest absolute Gasteiger partial charge is 0.234 e. The number of aryl methyl sites for hydroxylation is 1. The molecule has 0 aliphatic heterocycles. The van der Waals surface area contributed by atoms with Gasteiger partial charge in [-0.2, -0.15) is 0 Å². The highest BCUT2D eigenvalue weighted by atomic mass is 32.2. The highest BCUT2D eigenvalue weighted by molar-refractivity contribution is 7.99. The van der Waals surface area contributed by atoms with Crippen molar-refractivity contribution in [3.05, 3.63) is 94.5 Å². The third-order valence-corrected chi connectivity index (χ3v) is 6.51. The van der Waals surface area contributed by atoms with Gasteiger partial charge in [-0.05, 0) is 18.1 Å². The van der Waals surface area contributed by atoms with Crippen molar-refractivity contribution in [2.24, 2.45) is 0 Å². The third kappa shape index (κ3) is 4.04. The molecular formula is C26H20N4O3S. The van der Waals surface area contributed by atoms with Gasteiger partial charge in [0.1, 0.15) is 0 Å². The van der Waals surface area contributed by atoms with Gasteiger partial charge in [-0.15, -0.1) is 5.10 Å². The van der Waals surface area contributed by atoms with E-state index < -0.39 is 0 Å². The lowest BCUT2D eigenvalue weighted by atomic mass is 9.83. The van der Waals surface area contributed by atoms with E-state index in [2.05, 4.69) is 27.4 Å². The number of carbonyl (C=O) groups is 3. The molecule has 0 radical (unpaired) electrons. The monoisotopic (exact) mass is 468 g/mol. The number of nitrogens with zero attached hydrogens (tertiary/aromatic N) is 2. The number of ketones is 2. The van der Waals surface area contributed by atoms with E-state index >= 15 is 0 Å². The van der Waals surface area contributed by atoms with E-state index in [1.165, 1.54) is 17.3 Å². The largest absolute Gasteiger partial charge is 0.325 e. The summed E-state index contributed by atoms with van der Waals surface area (Å²) in [6, 6.07) is 19.7. The molecule has 3 aromatic carbocycles. The molecule has 0 spiro atoms. The quantitative estimate of drug-likeness (QED) is 0.355. The van der Waals surface area contributed by atoms with Crippen LogP contribution in [0.4, 0.5) is 5.69 Å². The average molecular weight is 469 g/mol. The van der Waals surface area contributed by atoms with E-state index in [0.29, 0.717) is 33.4 Å². The lowest BCUT2D eigenvalue weighted by Crippen LogP contribution is -2.24. The molecule has 1 aromatic heterocycles. The Bertz CT molecular complexity index is 1430. The Morgan fingerprint density at radius 1 is 0.912 bits per heavy atom. The number of anilines is 1. The van der Waals surface area contributed by atoms with E-state index in [1.807, 2.05) is 24.3 Å². The third-order valence-electron chi connectivity index (χ3n) is 5.66. The van der Waals surface area contributed by atoms with Gasteiger partial charge < -0.3 is 5.32 Å². The highest BCUT2D eigenvalue weighted by Crippen LogP contribution is 2.32. The first kappa shape index (κ1) is 21.8. The lowest BCUT2D eigenvalue weighted by molar-refractivity contribution is -0.113. The van der Waals surface area contributed by atoms with E-state index in [1.54, 1.807) is 42.5 Å². The summed E-state index contributed by atoms with van der Waals surface area (Å²) >= 11 is 1.18. The number of carbonyl (C=O) groups excluding carboxylic acids is 3. The molecule has 0 fully saturated rings. The maximum absolute atomic E-state index is 13.1. The molecule has 1 heterocycles. The number of H-pyrrole nitrogens is 1. The topological polar surface area (TPSA) is 105 Å². The van der Waals surface area contributed by atoms with Gasteiger partial charge in [-0.25, -0.2) is 4.98 Å². The minimum atomic E-state index is -0.323. The summed E-state index contributed by atoms with van der Waals surface area (Å²) < 4.78 is 0. The van der Waals surface area contributed by atoms with Gasteiger partial charge in [0.05, 0.1) is 17.0 Å². The van der Waals surface area contributed by atoms with Crippen LogP contribution in [0.1, 0.15) is 44.3 Å². The molecule has 1 aliphatic rings. The first-order valence-electron chi connectivity index (χ1n) is 10.8. The SMILES string of the molecule is CCc1ccc(-c2nc(SCC(=O)Nc3cccc4c3C(=O)c3ccccc3C4=O)n[nH]2)cc1. The standard InChI is InChI=1S/C26H20N4O3S/c1-2-15-10-12-16(13-11-15)25-28-26(30-29-25)34-14-21(31)27-20-9-5-8-19-22(20)24(33)18-7-4-3-6-17(18)23(19)32/h3-13H,2,14H2,1H3,(H,27,31)(H,28,29,30). The predicted octanol–water partition coefficient (Wildman–Crippen LogP) is 4.54. The molecule has 4 aromatic rings. The number of thioether (sulfide) groups is 1. The number of hydrogen-bond donors (Lipinski definition) is 2. The maximum atomic E-state index is 13.1. The van der Waals surface area contributed by atoms with Crippen molar-refractivity contribution in [3.8, 4) is 11.4 Å². The number of hydrogen-bond acceptors (Lipinski definition) is 6. The molecule has 0 bridgehead atoms. The molecule has 2 N–H and O–H groups in total. The van der Waals surface area contributed by atoms with Gasteiger partial charge >= 0.3 is 0 Å². The first-order chi connectivity index (χ1) is 16.5. The van der Waals surface area contributed by atoms with Crippen LogP contribution >= 0.6 is 11.8 Å². The summed E-state index contributed by atoms with van der Waals surface area (Å²) in [4.78, 5) is 43.1. The minimum absolute atomic E-state index is 0.0501. The molecule has 0 unspecified atom stereocenters. The van der Waals surface area contributed by atoms with E-state index in [-0.39, 0.29) is 28.8 Å². The first-order valence-corrected chi connectivity index (χ1v) is 11.8. The van der Waals surface area contributed by atoms with Gasteiger partial charge in [0, 0.05) is 22.3 Å². The fourth-order valence-electron chi connectivity index (χ4n) is 3.90.